The molecule has 104 valence electrons. The highest BCUT2D eigenvalue weighted by Crippen LogP contribution is 2.27. The van der Waals surface area contributed by atoms with Crippen LogP contribution in [0.3, 0.4) is 0 Å². The Kier molecular flexibility index (Phi) is 3.71. The van der Waals surface area contributed by atoms with Crippen molar-refractivity contribution in [3.63, 3.8) is 0 Å². The molecular formula is C13H19N3O3. The van der Waals surface area contributed by atoms with Crippen LogP contribution in [0.25, 0.3) is 0 Å². The summed E-state index contributed by atoms with van der Waals surface area (Å²) in [6.45, 7) is 6.15. The van der Waals surface area contributed by atoms with Gasteiger partial charge in [0.1, 0.15) is 11.9 Å². The smallest absolute Gasteiger partial charge is 0.410 e. The molecule has 2 atom stereocenters. The maximum absolute atomic E-state index is 11.9. The number of carbonyl (C=O) groups excluding carboxylic acids is 1. The van der Waals surface area contributed by atoms with E-state index in [-0.39, 0.29) is 12.5 Å². The average Bonchev–Trinajstić information content (AvgIpc) is 2.70. The normalized spacial score (nSPS) is 23.5. The molecular weight excluding hydrogens is 246 g/mol. The number of aromatic nitrogens is 2. The fourth-order valence-corrected chi connectivity index (χ4v) is 2.09. The second-order valence-corrected chi connectivity index (χ2v) is 5.73. The van der Waals surface area contributed by atoms with Crippen LogP contribution >= 0.6 is 0 Å². The molecule has 0 spiro atoms. The van der Waals surface area contributed by atoms with Crippen molar-refractivity contribution >= 4 is 6.09 Å². The average molecular weight is 265 g/mol. The van der Waals surface area contributed by atoms with E-state index in [4.69, 9.17) is 4.74 Å². The summed E-state index contributed by atoms with van der Waals surface area (Å²) in [6, 6.07) is 0. The van der Waals surface area contributed by atoms with Gasteiger partial charge < -0.3 is 14.7 Å². The molecule has 1 amide bonds. The number of hydrogen-bond acceptors (Lipinski definition) is 5. The Hall–Kier alpha value is -1.69. The van der Waals surface area contributed by atoms with Crippen LogP contribution in [0.15, 0.2) is 18.7 Å². The zero-order valence-electron chi connectivity index (χ0n) is 11.4. The summed E-state index contributed by atoms with van der Waals surface area (Å²) in [4.78, 5) is 21.3. The predicted molar refractivity (Wildman–Crippen MR) is 68.6 cm³/mol. The number of β-amino-alcohol motifs (C(OH)–C–C–N with tert-alkyl or cyclic N) is 1. The molecule has 2 rings (SSSR count). The third-order valence-corrected chi connectivity index (χ3v) is 2.95. The first kappa shape index (κ1) is 13.7. The van der Waals surface area contributed by atoms with Crippen LogP contribution in [-0.4, -0.2) is 50.9 Å². The van der Waals surface area contributed by atoms with Crippen LogP contribution in [-0.2, 0) is 4.74 Å². The van der Waals surface area contributed by atoms with Gasteiger partial charge >= 0.3 is 6.09 Å². The number of nitrogens with zero attached hydrogens (tertiary/aromatic N) is 3. The zero-order valence-corrected chi connectivity index (χ0v) is 11.4. The Labute approximate surface area is 112 Å². The lowest BCUT2D eigenvalue weighted by Gasteiger charge is -2.24. The number of aliphatic hydroxyl groups excluding tert-OH is 1. The molecule has 1 fully saturated rings. The molecule has 6 heteroatoms. The van der Waals surface area contributed by atoms with Gasteiger partial charge in [0.15, 0.2) is 0 Å². The lowest BCUT2D eigenvalue weighted by molar-refractivity contribution is 0.0270. The summed E-state index contributed by atoms with van der Waals surface area (Å²) < 4.78 is 5.30. The third kappa shape index (κ3) is 3.41. The van der Waals surface area contributed by atoms with Crippen LogP contribution in [0, 0.1) is 0 Å². The van der Waals surface area contributed by atoms with Crippen molar-refractivity contribution in [2.45, 2.75) is 38.4 Å². The van der Waals surface area contributed by atoms with Crippen molar-refractivity contribution < 1.29 is 14.6 Å². The van der Waals surface area contributed by atoms with E-state index in [9.17, 15) is 9.90 Å². The highest BCUT2D eigenvalue weighted by Gasteiger charge is 2.37. The first-order valence-corrected chi connectivity index (χ1v) is 6.28. The van der Waals surface area contributed by atoms with Crippen LogP contribution in [0.1, 0.15) is 32.3 Å². The molecule has 2 heterocycles. The van der Waals surface area contributed by atoms with E-state index < -0.39 is 17.8 Å². The quantitative estimate of drug-likeness (QED) is 0.825. The van der Waals surface area contributed by atoms with E-state index in [1.807, 2.05) is 20.8 Å². The standard InChI is InChI=1S/C13H19N3O3/c1-13(2,3)19-12(18)16-6-10(11(17)7-16)9-4-14-8-15-5-9/h4-5,8,10-11,17H,6-7H2,1-3H3/t10-,11+/m1/s1. The molecule has 0 aromatic carbocycles. The third-order valence-electron chi connectivity index (χ3n) is 2.95. The highest BCUT2D eigenvalue weighted by molar-refractivity contribution is 5.68. The number of hydrogen-bond donors (Lipinski definition) is 1. The minimum Gasteiger partial charge on any atom is -0.444 e. The van der Waals surface area contributed by atoms with Crippen molar-refractivity contribution in [3.05, 3.63) is 24.3 Å². The maximum atomic E-state index is 11.9. The number of amides is 1. The van der Waals surface area contributed by atoms with E-state index in [0.717, 1.165) is 5.56 Å². The van der Waals surface area contributed by atoms with Gasteiger partial charge in [0, 0.05) is 24.9 Å². The largest absolute Gasteiger partial charge is 0.444 e. The molecule has 1 aromatic rings. The number of carbonyl (C=O) groups is 1. The summed E-state index contributed by atoms with van der Waals surface area (Å²) in [5, 5.41) is 10.1. The fourth-order valence-electron chi connectivity index (χ4n) is 2.09. The molecule has 19 heavy (non-hydrogen) atoms. The molecule has 0 bridgehead atoms. The number of aliphatic hydroxyl groups is 1. The van der Waals surface area contributed by atoms with E-state index >= 15 is 0 Å². The Morgan fingerprint density at radius 3 is 2.58 bits per heavy atom. The molecule has 0 saturated carbocycles. The molecule has 0 unspecified atom stereocenters. The fraction of sp³-hybridized carbons (Fsp3) is 0.615. The first-order valence-electron chi connectivity index (χ1n) is 6.28. The van der Waals surface area contributed by atoms with E-state index in [0.29, 0.717) is 6.54 Å². The molecule has 6 nitrogen and oxygen atoms in total. The van der Waals surface area contributed by atoms with Crippen molar-refractivity contribution in [2.24, 2.45) is 0 Å². The minimum absolute atomic E-state index is 0.159. The van der Waals surface area contributed by atoms with Gasteiger partial charge in [-0.3, -0.25) is 0 Å². The van der Waals surface area contributed by atoms with Crippen molar-refractivity contribution in [1.82, 2.24) is 14.9 Å². The maximum Gasteiger partial charge on any atom is 0.410 e. The predicted octanol–water partition coefficient (Wildman–Crippen LogP) is 1.17. The minimum atomic E-state index is -0.612. The van der Waals surface area contributed by atoms with Gasteiger partial charge in [0.25, 0.3) is 0 Å². The second-order valence-electron chi connectivity index (χ2n) is 5.73. The zero-order chi connectivity index (χ0) is 14.0. The van der Waals surface area contributed by atoms with Gasteiger partial charge in [-0.15, -0.1) is 0 Å². The van der Waals surface area contributed by atoms with Crippen molar-refractivity contribution in [1.29, 1.82) is 0 Å². The number of rotatable bonds is 1. The molecule has 1 saturated heterocycles. The van der Waals surface area contributed by atoms with Crippen LogP contribution in [0.5, 0.6) is 0 Å². The molecule has 0 aliphatic carbocycles. The van der Waals surface area contributed by atoms with E-state index in [1.54, 1.807) is 12.4 Å². The van der Waals surface area contributed by atoms with Gasteiger partial charge in [-0.1, -0.05) is 0 Å². The van der Waals surface area contributed by atoms with Crippen molar-refractivity contribution in [3.8, 4) is 0 Å². The van der Waals surface area contributed by atoms with E-state index in [2.05, 4.69) is 9.97 Å². The highest BCUT2D eigenvalue weighted by atomic mass is 16.6. The van der Waals surface area contributed by atoms with Gasteiger partial charge in [-0.2, -0.15) is 0 Å². The van der Waals surface area contributed by atoms with Gasteiger partial charge in [0.2, 0.25) is 0 Å². The Morgan fingerprint density at radius 1 is 1.37 bits per heavy atom. The molecule has 1 aliphatic heterocycles. The van der Waals surface area contributed by atoms with Gasteiger partial charge in [0.05, 0.1) is 12.6 Å². The second kappa shape index (κ2) is 5.13. The summed E-state index contributed by atoms with van der Waals surface area (Å²) >= 11 is 0. The SMILES string of the molecule is CC(C)(C)OC(=O)N1C[C@H](c2cncnc2)[C@@H](O)C1. The number of likely N-dealkylation sites (tertiary alicyclic amines) is 1. The molecule has 1 N–H and O–H groups in total. The van der Waals surface area contributed by atoms with Crippen LogP contribution in [0.4, 0.5) is 4.79 Å². The van der Waals surface area contributed by atoms with Crippen LogP contribution in [0.2, 0.25) is 0 Å². The number of ether oxygens (including phenoxy) is 1. The van der Waals surface area contributed by atoms with E-state index in [1.165, 1.54) is 11.2 Å². The Bertz CT molecular complexity index is 444. The summed E-state index contributed by atoms with van der Waals surface area (Å²) in [5.74, 6) is -0.159. The summed E-state index contributed by atoms with van der Waals surface area (Å²) in [7, 11) is 0. The summed E-state index contributed by atoms with van der Waals surface area (Å²) in [6.07, 6.45) is 3.76. The lowest BCUT2D eigenvalue weighted by Crippen LogP contribution is -2.35. The van der Waals surface area contributed by atoms with Gasteiger partial charge in [-0.25, -0.2) is 14.8 Å². The first-order chi connectivity index (χ1) is 8.87. The Morgan fingerprint density at radius 2 is 2.00 bits per heavy atom. The molecule has 0 radical (unpaired) electrons. The summed E-state index contributed by atoms with van der Waals surface area (Å²) in [5.41, 5.74) is 0.303. The molecule has 1 aliphatic rings. The topological polar surface area (TPSA) is 75.5 Å². The van der Waals surface area contributed by atoms with Crippen molar-refractivity contribution in [2.75, 3.05) is 13.1 Å². The van der Waals surface area contributed by atoms with Crippen LogP contribution < -0.4 is 0 Å². The Balaban J connectivity index is 2.04. The lowest BCUT2D eigenvalue weighted by atomic mass is 9.99. The van der Waals surface area contributed by atoms with Gasteiger partial charge in [-0.05, 0) is 26.3 Å². The monoisotopic (exact) mass is 265 g/mol. The molecule has 1 aromatic heterocycles.